The molecule has 1 atom stereocenters. The van der Waals surface area contributed by atoms with E-state index >= 15 is 0 Å². The SMILES string of the molecule is Oc1cc(Br)ccc1COC1CCCCO1. The Morgan fingerprint density at radius 2 is 2.31 bits per heavy atom. The van der Waals surface area contributed by atoms with Crippen LogP contribution in [0.5, 0.6) is 5.75 Å². The van der Waals surface area contributed by atoms with Crippen LogP contribution in [-0.4, -0.2) is 18.0 Å². The van der Waals surface area contributed by atoms with Gasteiger partial charge in [0.15, 0.2) is 6.29 Å². The molecule has 0 aliphatic carbocycles. The molecule has 1 saturated heterocycles. The number of aromatic hydroxyl groups is 1. The summed E-state index contributed by atoms with van der Waals surface area (Å²) in [6, 6.07) is 5.41. The molecule has 0 spiro atoms. The highest BCUT2D eigenvalue weighted by atomic mass is 79.9. The van der Waals surface area contributed by atoms with Crippen molar-refractivity contribution in [2.45, 2.75) is 32.2 Å². The summed E-state index contributed by atoms with van der Waals surface area (Å²) < 4.78 is 11.9. The van der Waals surface area contributed by atoms with Crippen molar-refractivity contribution >= 4 is 15.9 Å². The molecule has 1 fully saturated rings. The van der Waals surface area contributed by atoms with Crippen molar-refractivity contribution in [3.05, 3.63) is 28.2 Å². The van der Waals surface area contributed by atoms with Crippen molar-refractivity contribution in [1.29, 1.82) is 0 Å². The lowest BCUT2D eigenvalue weighted by molar-refractivity contribution is -0.169. The van der Waals surface area contributed by atoms with Crippen LogP contribution in [0, 0.1) is 0 Å². The Labute approximate surface area is 104 Å². The molecule has 1 aromatic carbocycles. The largest absolute Gasteiger partial charge is 0.508 e. The lowest BCUT2D eigenvalue weighted by Crippen LogP contribution is -2.22. The molecule has 0 bridgehead atoms. The van der Waals surface area contributed by atoms with Crippen LogP contribution < -0.4 is 0 Å². The van der Waals surface area contributed by atoms with E-state index in [9.17, 15) is 5.11 Å². The summed E-state index contributed by atoms with van der Waals surface area (Å²) in [5, 5.41) is 9.67. The van der Waals surface area contributed by atoms with Gasteiger partial charge in [0.2, 0.25) is 0 Å². The third-order valence-corrected chi connectivity index (χ3v) is 3.10. The lowest BCUT2D eigenvalue weighted by Gasteiger charge is -2.22. The van der Waals surface area contributed by atoms with Gasteiger partial charge in [0.1, 0.15) is 5.75 Å². The van der Waals surface area contributed by atoms with Crippen LogP contribution in [0.3, 0.4) is 0 Å². The maximum atomic E-state index is 9.67. The maximum Gasteiger partial charge on any atom is 0.158 e. The molecule has 1 aliphatic heterocycles. The van der Waals surface area contributed by atoms with Crippen LogP contribution in [0.15, 0.2) is 22.7 Å². The van der Waals surface area contributed by atoms with Crippen LogP contribution in [0.4, 0.5) is 0 Å². The highest BCUT2D eigenvalue weighted by molar-refractivity contribution is 9.10. The van der Waals surface area contributed by atoms with Gasteiger partial charge < -0.3 is 14.6 Å². The number of phenolic OH excluding ortho intramolecular Hbond substituents is 1. The Balaban J connectivity index is 1.88. The second-order valence-corrected chi connectivity index (χ2v) is 4.80. The van der Waals surface area contributed by atoms with Gasteiger partial charge in [-0.25, -0.2) is 0 Å². The van der Waals surface area contributed by atoms with Crippen LogP contribution in [0.2, 0.25) is 0 Å². The first kappa shape index (κ1) is 11.9. The van der Waals surface area contributed by atoms with Gasteiger partial charge in [0, 0.05) is 16.6 Å². The Morgan fingerprint density at radius 1 is 1.44 bits per heavy atom. The quantitative estimate of drug-likeness (QED) is 0.927. The van der Waals surface area contributed by atoms with Gasteiger partial charge in [-0.3, -0.25) is 0 Å². The first-order valence-electron chi connectivity index (χ1n) is 5.46. The van der Waals surface area contributed by atoms with E-state index in [4.69, 9.17) is 9.47 Å². The molecule has 1 unspecified atom stereocenters. The molecular weight excluding hydrogens is 272 g/mol. The zero-order valence-corrected chi connectivity index (χ0v) is 10.6. The zero-order valence-electron chi connectivity index (χ0n) is 8.99. The summed E-state index contributed by atoms with van der Waals surface area (Å²) in [6.07, 6.45) is 3.09. The third kappa shape index (κ3) is 3.20. The zero-order chi connectivity index (χ0) is 11.4. The summed E-state index contributed by atoms with van der Waals surface area (Å²) >= 11 is 3.30. The van der Waals surface area contributed by atoms with Gasteiger partial charge in [0.25, 0.3) is 0 Å². The van der Waals surface area contributed by atoms with Gasteiger partial charge in [-0.1, -0.05) is 22.0 Å². The molecule has 16 heavy (non-hydrogen) atoms. The van der Waals surface area contributed by atoms with E-state index < -0.39 is 0 Å². The van der Waals surface area contributed by atoms with Gasteiger partial charge >= 0.3 is 0 Å². The van der Waals surface area contributed by atoms with Crippen LogP contribution >= 0.6 is 15.9 Å². The number of halogens is 1. The molecule has 1 heterocycles. The van der Waals surface area contributed by atoms with Gasteiger partial charge in [-0.15, -0.1) is 0 Å². The summed E-state index contributed by atoms with van der Waals surface area (Å²) in [4.78, 5) is 0. The Hall–Kier alpha value is -0.580. The minimum Gasteiger partial charge on any atom is -0.508 e. The van der Waals surface area contributed by atoms with E-state index in [1.165, 1.54) is 0 Å². The Bertz CT molecular complexity index is 348. The lowest BCUT2D eigenvalue weighted by atomic mass is 10.2. The average molecular weight is 287 g/mol. The fourth-order valence-electron chi connectivity index (χ4n) is 1.68. The molecule has 1 N–H and O–H groups in total. The number of hydrogen-bond donors (Lipinski definition) is 1. The fraction of sp³-hybridized carbons (Fsp3) is 0.500. The van der Waals surface area contributed by atoms with E-state index in [0.29, 0.717) is 6.61 Å². The smallest absolute Gasteiger partial charge is 0.158 e. The second-order valence-electron chi connectivity index (χ2n) is 3.88. The van der Waals surface area contributed by atoms with Crippen LogP contribution in [0.25, 0.3) is 0 Å². The van der Waals surface area contributed by atoms with Crippen molar-refractivity contribution in [2.24, 2.45) is 0 Å². The van der Waals surface area contributed by atoms with Gasteiger partial charge in [-0.05, 0) is 31.4 Å². The van der Waals surface area contributed by atoms with E-state index in [-0.39, 0.29) is 12.0 Å². The molecule has 0 aromatic heterocycles. The minimum atomic E-state index is -0.114. The number of benzene rings is 1. The summed E-state index contributed by atoms with van der Waals surface area (Å²) in [6.45, 7) is 1.17. The summed E-state index contributed by atoms with van der Waals surface area (Å²) in [5.41, 5.74) is 0.789. The first-order chi connectivity index (χ1) is 7.75. The second kappa shape index (κ2) is 5.66. The van der Waals surface area contributed by atoms with Crippen molar-refractivity contribution < 1.29 is 14.6 Å². The fourth-order valence-corrected chi connectivity index (χ4v) is 2.03. The monoisotopic (exact) mass is 286 g/mol. The highest BCUT2D eigenvalue weighted by Crippen LogP contribution is 2.24. The Kier molecular flexibility index (Phi) is 4.21. The molecule has 0 saturated carbocycles. The average Bonchev–Trinajstić information content (AvgIpc) is 2.29. The maximum absolute atomic E-state index is 9.67. The molecule has 2 rings (SSSR count). The number of ether oxygens (including phenoxy) is 2. The molecular formula is C12H15BrO3. The third-order valence-electron chi connectivity index (χ3n) is 2.61. The van der Waals surface area contributed by atoms with Crippen molar-refractivity contribution in [3.63, 3.8) is 0 Å². The topological polar surface area (TPSA) is 38.7 Å². The predicted octanol–water partition coefficient (Wildman–Crippen LogP) is 3.20. The van der Waals surface area contributed by atoms with Gasteiger partial charge in [0.05, 0.1) is 6.61 Å². The van der Waals surface area contributed by atoms with Crippen LogP contribution in [0.1, 0.15) is 24.8 Å². The molecule has 0 amide bonds. The van der Waals surface area contributed by atoms with Crippen LogP contribution in [-0.2, 0) is 16.1 Å². The first-order valence-corrected chi connectivity index (χ1v) is 6.25. The molecule has 4 heteroatoms. The van der Waals surface area contributed by atoms with E-state index in [0.717, 1.165) is 35.9 Å². The van der Waals surface area contributed by atoms with E-state index in [2.05, 4.69) is 15.9 Å². The number of rotatable bonds is 3. The molecule has 0 radical (unpaired) electrons. The molecule has 1 aromatic rings. The molecule has 1 aliphatic rings. The normalized spacial score (nSPS) is 20.9. The van der Waals surface area contributed by atoms with Gasteiger partial charge in [-0.2, -0.15) is 0 Å². The minimum absolute atomic E-state index is 0.114. The van der Waals surface area contributed by atoms with Crippen molar-refractivity contribution in [1.82, 2.24) is 0 Å². The predicted molar refractivity (Wildman–Crippen MR) is 64.2 cm³/mol. The number of phenols is 1. The van der Waals surface area contributed by atoms with Crippen molar-refractivity contribution in [2.75, 3.05) is 6.61 Å². The molecule has 88 valence electrons. The van der Waals surface area contributed by atoms with E-state index in [1.54, 1.807) is 6.07 Å². The molecule has 3 nitrogen and oxygen atoms in total. The Morgan fingerprint density at radius 3 is 3.00 bits per heavy atom. The highest BCUT2D eigenvalue weighted by Gasteiger charge is 2.14. The van der Waals surface area contributed by atoms with Crippen molar-refractivity contribution in [3.8, 4) is 5.75 Å². The van der Waals surface area contributed by atoms with E-state index in [1.807, 2.05) is 12.1 Å². The number of hydrogen-bond acceptors (Lipinski definition) is 3. The summed E-state index contributed by atoms with van der Waals surface area (Å²) in [5.74, 6) is 0.255. The standard InChI is InChI=1S/C12H15BrO3/c13-10-5-4-9(11(14)7-10)8-16-12-3-1-2-6-15-12/h4-5,7,12,14H,1-3,6,8H2. The summed E-state index contributed by atoms with van der Waals surface area (Å²) in [7, 11) is 0.